The van der Waals surface area contributed by atoms with E-state index in [1.165, 1.54) is 5.69 Å². The average molecular weight is 297 g/mol. The van der Waals surface area contributed by atoms with Gasteiger partial charge in [0.1, 0.15) is 0 Å². The predicted octanol–water partition coefficient (Wildman–Crippen LogP) is 2.84. The van der Waals surface area contributed by atoms with E-state index in [9.17, 15) is 4.79 Å². The van der Waals surface area contributed by atoms with Crippen LogP contribution in [-0.4, -0.2) is 21.7 Å². The van der Waals surface area contributed by atoms with Gasteiger partial charge in [-0.2, -0.15) is 5.10 Å². The van der Waals surface area contributed by atoms with Gasteiger partial charge in [0.15, 0.2) is 0 Å². The summed E-state index contributed by atoms with van der Waals surface area (Å²) in [4.78, 5) is 13.2. The van der Waals surface area contributed by atoms with Gasteiger partial charge in [0.2, 0.25) is 0 Å². The number of carbonyl (C=O) groups is 1. The lowest BCUT2D eigenvalue weighted by atomic mass is 10.0. The van der Waals surface area contributed by atoms with Crippen LogP contribution in [0.15, 0.2) is 42.6 Å². The molecule has 4 nitrogen and oxygen atoms in total. The number of rotatable bonds is 2. The van der Waals surface area contributed by atoms with Gasteiger partial charge >= 0.3 is 0 Å². The van der Waals surface area contributed by atoms with E-state index in [-0.39, 0.29) is 11.9 Å². The van der Waals surface area contributed by atoms with Crippen LogP contribution in [0.2, 0.25) is 0 Å². The fourth-order valence-electron chi connectivity index (χ4n) is 2.84. The first kappa shape index (κ1) is 12.6. The zero-order chi connectivity index (χ0) is 14.2. The normalized spacial score (nSPS) is 17.6. The molecule has 1 N–H and O–H groups in total. The molecule has 1 aliphatic rings. The van der Waals surface area contributed by atoms with E-state index in [0.29, 0.717) is 0 Å². The van der Waals surface area contributed by atoms with Gasteiger partial charge in [-0.05, 0) is 30.0 Å². The van der Waals surface area contributed by atoms with Gasteiger partial charge in [0, 0.05) is 35.6 Å². The molecule has 21 heavy (non-hydrogen) atoms. The zero-order valence-electron chi connectivity index (χ0n) is 11.5. The third kappa shape index (κ3) is 2.34. The summed E-state index contributed by atoms with van der Waals surface area (Å²) in [6.45, 7) is 0.875. The maximum atomic E-state index is 12.4. The summed E-state index contributed by atoms with van der Waals surface area (Å²) in [6, 6.07) is 12.3. The van der Waals surface area contributed by atoms with Crippen molar-refractivity contribution < 1.29 is 4.79 Å². The molecule has 1 amide bonds. The maximum absolute atomic E-state index is 12.4. The minimum absolute atomic E-state index is 0.0363. The highest BCUT2D eigenvalue weighted by molar-refractivity contribution is 7.20. The predicted molar refractivity (Wildman–Crippen MR) is 83.6 cm³/mol. The molecule has 3 aromatic rings. The van der Waals surface area contributed by atoms with Crippen molar-refractivity contribution in [2.75, 3.05) is 0 Å². The largest absolute Gasteiger partial charge is 0.348 e. The number of nitrogens with one attached hydrogen (secondary N) is 1. The Kier molecular flexibility index (Phi) is 3.00. The molecule has 3 heterocycles. The summed E-state index contributed by atoms with van der Waals surface area (Å²) >= 11 is 1.55. The first-order chi connectivity index (χ1) is 10.3. The highest BCUT2D eigenvalue weighted by atomic mass is 32.1. The van der Waals surface area contributed by atoms with Crippen LogP contribution in [0.4, 0.5) is 0 Å². The lowest BCUT2D eigenvalue weighted by molar-refractivity contribution is 0.0934. The Bertz CT molecular complexity index is 772. The first-order valence-corrected chi connectivity index (χ1v) is 7.91. The van der Waals surface area contributed by atoms with Gasteiger partial charge in [0.05, 0.1) is 4.88 Å². The Hall–Kier alpha value is -2.14. The fourth-order valence-corrected chi connectivity index (χ4v) is 3.81. The van der Waals surface area contributed by atoms with Crippen LogP contribution in [0.5, 0.6) is 0 Å². The molecular formula is C16H15N3OS. The van der Waals surface area contributed by atoms with Gasteiger partial charge in [-0.15, -0.1) is 11.3 Å². The Morgan fingerprint density at radius 1 is 1.33 bits per heavy atom. The Morgan fingerprint density at radius 3 is 3.14 bits per heavy atom. The molecule has 5 heteroatoms. The second kappa shape index (κ2) is 5.00. The van der Waals surface area contributed by atoms with E-state index in [0.717, 1.165) is 34.3 Å². The zero-order valence-corrected chi connectivity index (χ0v) is 12.3. The molecule has 106 valence electrons. The number of hydrogen-bond acceptors (Lipinski definition) is 3. The lowest BCUT2D eigenvalue weighted by Crippen LogP contribution is -2.39. The van der Waals surface area contributed by atoms with E-state index in [1.54, 1.807) is 11.3 Å². The molecule has 0 fully saturated rings. The van der Waals surface area contributed by atoms with Crippen LogP contribution in [0, 0.1) is 0 Å². The molecule has 2 aromatic heterocycles. The number of aryl methyl sites for hydroxylation is 1. The van der Waals surface area contributed by atoms with E-state index < -0.39 is 0 Å². The van der Waals surface area contributed by atoms with E-state index in [2.05, 4.69) is 16.5 Å². The van der Waals surface area contributed by atoms with Gasteiger partial charge in [-0.1, -0.05) is 18.2 Å². The van der Waals surface area contributed by atoms with Crippen molar-refractivity contribution in [3.63, 3.8) is 0 Å². The van der Waals surface area contributed by atoms with Crippen molar-refractivity contribution in [3.8, 4) is 0 Å². The van der Waals surface area contributed by atoms with E-state index >= 15 is 0 Å². The standard InChI is InChI=1S/C16H15N3OS/c20-16(15-9-11-3-1-2-4-14(11)21-15)18-12-6-8-19-13(10-12)5-7-17-19/h1-5,7,9,12H,6,8,10H2,(H,18,20). The number of amides is 1. The molecular weight excluding hydrogens is 282 g/mol. The van der Waals surface area contributed by atoms with Crippen molar-refractivity contribution >= 4 is 27.3 Å². The van der Waals surface area contributed by atoms with E-state index in [4.69, 9.17) is 0 Å². The third-order valence-corrected chi connectivity index (χ3v) is 5.05. The van der Waals surface area contributed by atoms with Crippen molar-refractivity contribution in [2.45, 2.75) is 25.4 Å². The molecule has 1 aliphatic heterocycles. The number of aromatic nitrogens is 2. The first-order valence-electron chi connectivity index (χ1n) is 7.10. The van der Waals surface area contributed by atoms with Crippen molar-refractivity contribution in [1.82, 2.24) is 15.1 Å². The second-order valence-corrected chi connectivity index (χ2v) is 6.44. The molecule has 0 spiro atoms. The monoisotopic (exact) mass is 297 g/mol. The summed E-state index contributed by atoms with van der Waals surface area (Å²) < 4.78 is 3.17. The van der Waals surface area contributed by atoms with Crippen LogP contribution >= 0.6 is 11.3 Å². The molecule has 0 bridgehead atoms. The third-order valence-electron chi connectivity index (χ3n) is 3.93. The van der Waals surface area contributed by atoms with E-state index in [1.807, 2.05) is 41.2 Å². The Morgan fingerprint density at radius 2 is 2.24 bits per heavy atom. The molecule has 4 rings (SSSR count). The van der Waals surface area contributed by atoms with Gasteiger partial charge in [-0.3, -0.25) is 9.48 Å². The minimum atomic E-state index is 0.0363. The smallest absolute Gasteiger partial charge is 0.261 e. The topological polar surface area (TPSA) is 46.9 Å². The number of hydrogen-bond donors (Lipinski definition) is 1. The molecule has 0 saturated carbocycles. The molecule has 0 saturated heterocycles. The SMILES string of the molecule is O=C(NC1CCn2nccc2C1)c1cc2ccccc2s1. The Labute approximate surface area is 126 Å². The van der Waals surface area contributed by atoms with Crippen LogP contribution in [0.25, 0.3) is 10.1 Å². The minimum Gasteiger partial charge on any atom is -0.348 e. The summed E-state index contributed by atoms with van der Waals surface area (Å²) in [7, 11) is 0. The highest BCUT2D eigenvalue weighted by Crippen LogP contribution is 2.25. The Balaban J connectivity index is 1.51. The van der Waals surface area contributed by atoms with Crippen molar-refractivity contribution in [1.29, 1.82) is 0 Å². The summed E-state index contributed by atoms with van der Waals surface area (Å²) in [5.41, 5.74) is 1.20. The van der Waals surface area contributed by atoms with Gasteiger partial charge < -0.3 is 5.32 Å². The number of benzene rings is 1. The molecule has 1 aromatic carbocycles. The maximum Gasteiger partial charge on any atom is 0.261 e. The number of carbonyl (C=O) groups excluding carboxylic acids is 1. The second-order valence-electron chi connectivity index (χ2n) is 5.36. The molecule has 1 unspecified atom stereocenters. The van der Waals surface area contributed by atoms with Crippen LogP contribution in [0.3, 0.4) is 0 Å². The summed E-state index contributed by atoms with van der Waals surface area (Å²) in [6.07, 6.45) is 3.62. The van der Waals surface area contributed by atoms with Crippen molar-refractivity contribution in [2.24, 2.45) is 0 Å². The number of thiophene rings is 1. The fraction of sp³-hybridized carbons (Fsp3) is 0.250. The summed E-state index contributed by atoms with van der Waals surface area (Å²) in [5, 5.41) is 8.55. The summed E-state index contributed by atoms with van der Waals surface area (Å²) in [5.74, 6) is 0.0363. The molecule has 0 aliphatic carbocycles. The van der Waals surface area contributed by atoms with Gasteiger partial charge in [-0.25, -0.2) is 0 Å². The van der Waals surface area contributed by atoms with Crippen LogP contribution in [0.1, 0.15) is 21.8 Å². The number of nitrogens with zero attached hydrogens (tertiary/aromatic N) is 2. The quantitative estimate of drug-likeness (QED) is 0.790. The van der Waals surface area contributed by atoms with Crippen molar-refractivity contribution in [3.05, 3.63) is 53.2 Å². The highest BCUT2D eigenvalue weighted by Gasteiger charge is 2.21. The van der Waals surface area contributed by atoms with Crippen LogP contribution in [-0.2, 0) is 13.0 Å². The average Bonchev–Trinajstić information content (AvgIpc) is 3.13. The molecule has 1 atom stereocenters. The number of fused-ring (bicyclic) bond motifs is 2. The lowest BCUT2D eigenvalue weighted by Gasteiger charge is -2.24. The van der Waals surface area contributed by atoms with Crippen LogP contribution < -0.4 is 5.32 Å². The molecule has 0 radical (unpaired) electrons. The van der Waals surface area contributed by atoms with Gasteiger partial charge in [0.25, 0.3) is 5.91 Å².